The van der Waals surface area contributed by atoms with Crippen molar-refractivity contribution in [1.82, 2.24) is 0 Å². The molecule has 2 aliphatic carbocycles. The van der Waals surface area contributed by atoms with Crippen LogP contribution in [0.1, 0.15) is 52.4 Å². The van der Waals surface area contributed by atoms with Gasteiger partial charge in [0.15, 0.2) is 0 Å². The molecule has 0 amide bonds. The Labute approximate surface area is 80.5 Å². The van der Waals surface area contributed by atoms with Gasteiger partial charge in [0.2, 0.25) is 0 Å². The molecule has 2 saturated carbocycles. The Morgan fingerprint density at radius 1 is 1.08 bits per heavy atom. The van der Waals surface area contributed by atoms with Crippen LogP contribution in [0.3, 0.4) is 0 Å². The van der Waals surface area contributed by atoms with Crippen molar-refractivity contribution >= 4 is 0 Å². The van der Waals surface area contributed by atoms with Gasteiger partial charge in [0.05, 0.1) is 5.60 Å². The molecule has 2 fully saturated rings. The Morgan fingerprint density at radius 3 is 2.00 bits per heavy atom. The van der Waals surface area contributed by atoms with Crippen LogP contribution in [0.4, 0.5) is 0 Å². The fourth-order valence-electron chi connectivity index (χ4n) is 2.96. The van der Waals surface area contributed by atoms with Crippen molar-refractivity contribution in [2.24, 2.45) is 11.1 Å². The summed E-state index contributed by atoms with van der Waals surface area (Å²) in [6, 6.07) is 0. The monoisotopic (exact) mass is 183 g/mol. The van der Waals surface area contributed by atoms with Gasteiger partial charge >= 0.3 is 0 Å². The van der Waals surface area contributed by atoms with Gasteiger partial charge in [-0.1, -0.05) is 13.8 Å². The Hall–Kier alpha value is -0.0800. The largest absolute Gasteiger partial charge is 0.388 e. The van der Waals surface area contributed by atoms with Gasteiger partial charge in [0, 0.05) is 5.54 Å². The molecule has 0 heterocycles. The van der Waals surface area contributed by atoms with E-state index in [2.05, 4.69) is 13.8 Å². The Bertz CT molecular complexity index is 220. The lowest BCUT2D eigenvalue weighted by Gasteiger charge is -2.49. The Balaban J connectivity index is 2.14. The van der Waals surface area contributed by atoms with E-state index in [1.165, 1.54) is 6.42 Å². The first-order valence-corrected chi connectivity index (χ1v) is 5.38. The van der Waals surface area contributed by atoms with Gasteiger partial charge in [-0.15, -0.1) is 0 Å². The number of hydrogen-bond acceptors (Lipinski definition) is 2. The number of rotatable bonds is 1. The van der Waals surface area contributed by atoms with Crippen molar-refractivity contribution in [2.45, 2.75) is 63.5 Å². The minimum absolute atomic E-state index is 0.249. The van der Waals surface area contributed by atoms with Crippen molar-refractivity contribution in [2.75, 3.05) is 0 Å². The lowest BCUT2D eigenvalue weighted by Crippen LogP contribution is -2.63. The summed E-state index contributed by atoms with van der Waals surface area (Å²) in [4.78, 5) is 0. The van der Waals surface area contributed by atoms with Crippen molar-refractivity contribution in [3.63, 3.8) is 0 Å². The predicted molar refractivity (Wildman–Crippen MR) is 53.4 cm³/mol. The summed E-state index contributed by atoms with van der Waals surface area (Å²) >= 11 is 0. The normalized spacial score (nSPS) is 41.5. The van der Waals surface area contributed by atoms with Crippen LogP contribution >= 0.6 is 0 Å². The molecule has 0 saturated heterocycles. The highest BCUT2D eigenvalue weighted by Crippen LogP contribution is 2.52. The van der Waals surface area contributed by atoms with Crippen LogP contribution in [-0.4, -0.2) is 16.2 Å². The molecule has 76 valence electrons. The summed E-state index contributed by atoms with van der Waals surface area (Å²) in [6.45, 7) is 4.46. The molecule has 2 rings (SSSR count). The van der Waals surface area contributed by atoms with E-state index in [-0.39, 0.29) is 11.0 Å². The molecule has 2 aliphatic rings. The second kappa shape index (κ2) is 2.48. The molecule has 0 spiro atoms. The number of aliphatic hydroxyl groups is 1. The maximum atomic E-state index is 10.5. The summed E-state index contributed by atoms with van der Waals surface area (Å²) in [7, 11) is 0. The van der Waals surface area contributed by atoms with Gasteiger partial charge < -0.3 is 10.8 Å². The molecule has 0 aromatic heterocycles. The first-order chi connectivity index (χ1) is 5.87. The summed E-state index contributed by atoms with van der Waals surface area (Å²) in [5.41, 5.74) is 5.69. The molecule has 1 unspecified atom stereocenters. The van der Waals surface area contributed by atoms with Crippen LogP contribution in [0.25, 0.3) is 0 Å². The second-order valence-corrected chi connectivity index (χ2v) is 5.88. The van der Waals surface area contributed by atoms with Gasteiger partial charge in [-0.2, -0.15) is 0 Å². The first kappa shape index (κ1) is 9.47. The smallest absolute Gasteiger partial charge is 0.0831 e. The van der Waals surface area contributed by atoms with Crippen molar-refractivity contribution in [1.29, 1.82) is 0 Å². The highest BCUT2D eigenvalue weighted by Gasteiger charge is 2.56. The molecule has 1 atom stereocenters. The highest BCUT2D eigenvalue weighted by atomic mass is 16.3. The summed E-state index contributed by atoms with van der Waals surface area (Å²) in [6.07, 6.45) is 6.12. The van der Waals surface area contributed by atoms with Gasteiger partial charge in [-0.25, -0.2) is 0 Å². The lowest BCUT2D eigenvalue weighted by molar-refractivity contribution is -0.0711. The molecule has 0 aromatic carbocycles. The lowest BCUT2D eigenvalue weighted by atomic mass is 9.64. The van der Waals surface area contributed by atoms with Gasteiger partial charge in [-0.3, -0.25) is 0 Å². The van der Waals surface area contributed by atoms with E-state index in [0.29, 0.717) is 0 Å². The highest BCUT2D eigenvalue weighted by molar-refractivity contribution is 5.13. The summed E-state index contributed by atoms with van der Waals surface area (Å²) in [5, 5.41) is 10.5. The molecule has 13 heavy (non-hydrogen) atoms. The molecule has 0 aromatic rings. The van der Waals surface area contributed by atoms with Crippen LogP contribution in [0.5, 0.6) is 0 Å². The van der Waals surface area contributed by atoms with Crippen LogP contribution in [0.15, 0.2) is 0 Å². The van der Waals surface area contributed by atoms with Crippen molar-refractivity contribution < 1.29 is 5.11 Å². The molecule has 0 radical (unpaired) electrons. The zero-order chi connectivity index (χ0) is 9.74. The molecule has 0 bridgehead atoms. The zero-order valence-electron chi connectivity index (χ0n) is 8.77. The average molecular weight is 183 g/mol. The van der Waals surface area contributed by atoms with E-state index in [4.69, 9.17) is 5.73 Å². The topological polar surface area (TPSA) is 46.2 Å². The maximum absolute atomic E-state index is 10.5. The Morgan fingerprint density at radius 2 is 1.69 bits per heavy atom. The van der Waals surface area contributed by atoms with Crippen LogP contribution in [0.2, 0.25) is 0 Å². The van der Waals surface area contributed by atoms with E-state index >= 15 is 0 Å². The fourth-order valence-corrected chi connectivity index (χ4v) is 2.96. The summed E-state index contributed by atoms with van der Waals surface area (Å²) in [5.74, 6) is 0. The van der Waals surface area contributed by atoms with Gasteiger partial charge in [0.25, 0.3) is 0 Å². The van der Waals surface area contributed by atoms with Crippen LogP contribution in [0, 0.1) is 5.41 Å². The molecule has 2 nitrogen and oxygen atoms in total. The van der Waals surface area contributed by atoms with E-state index < -0.39 is 5.60 Å². The van der Waals surface area contributed by atoms with E-state index in [9.17, 15) is 5.11 Å². The Kier molecular flexibility index (Phi) is 1.81. The molecule has 2 heteroatoms. The van der Waals surface area contributed by atoms with Gasteiger partial charge in [0.1, 0.15) is 0 Å². The third-order valence-electron chi connectivity index (χ3n) is 4.16. The zero-order valence-corrected chi connectivity index (χ0v) is 8.77. The second-order valence-electron chi connectivity index (χ2n) is 5.88. The maximum Gasteiger partial charge on any atom is 0.0831 e. The molecule has 3 N–H and O–H groups in total. The van der Waals surface area contributed by atoms with Crippen molar-refractivity contribution in [3.8, 4) is 0 Å². The minimum atomic E-state index is -0.561. The quantitative estimate of drug-likeness (QED) is 0.651. The first-order valence-electron chi connectivity index (χ1n) is 5.38. The third-order valence-corrected chi connectivity index (χ3v) is 4.16. The molecule has 0 aliphatic heterocycles. The SMILES string of the molecule is CC1(C)CCC(O)(C2(N)CCC2)C1. The van der Waals surface area contributed by atoms with Crippen LogP contribution in [-0.2, 0) is 0 Å². The number of hydrogen-bond donors (Lipinski definition) is 2. The van der Waals surface area contributed by atoms with E-state index in [1.807, 2.05) is 0 Å². The molecular formula is C11H21NO. The fraction of sp³-hybridized carbons (Fsp3) is 1.00. The van der Waals surface area contributed by atoms with Crippen LogP contribution < -0.4 is 5.73 Å². The number of nitrogens with two attached hydrogens (primary N) is 1. The van der Waals surface area contributed by atoms with E-state index in [1.54, 1.807) is 0 Å². The van der Waals surface area contributed by atoms with Crippen molar-refractivity contribution in [3.05, 3.63) is 0 Å². The summed E-state index contributed by atoms with van der Waals surface area (Å²) < 4.78 is 0. The van der Waals surface area contributed by atoms with Gasteiger partial charge in [-0.05, 0) is 43.9 Å². The predicted octanol–water partition coefficient (Wildman–Crippen LogP) is 1.81. The van der Waals surface area contributed by atoms with E-state index in [0.717, 1.165) is 32.1 Å². The minimum Gasteiger partial charge on any atom is -0.388 e. The third kappa shape index (κ3) is 1.31. The standard InChI is InChI=1S/C11H21NO/c1-9(2)6-7-11(13,8-9)10(12)4-3-5-10/h13H,3-8,12H2,1-2H3. The average Bonchev–Trinajstić information content (AvgIpc) is 2.22. The molecular weight excluding hydrogens is 162 g/mol.